The van der Waals surface area contributed by atoms with Crippen LogP contribution in [0.1, 0.15) is 36.3 Å². The smallest absolute Gasteiger partial charge is 0.202 e. The zero-order valence-electron chi connectivity index (χ0n) is 18.7. The molecular formula is C27H28ClF2NO2S. The Kier molecular flexibility index (Phi) is 9.00. The van der Waals surface area contributed by atoms with Crippen LogP contribution in [0.4, 0.5) is 8.78 Å². The molecule has 0 bridgehead atoms. The highest BCUT2D eigenvalue weighted by Gasteiger charge is 2.24. The van der Waals surface area contributed by atoms with Crippen molar-refractivity contribution in [3.8, 4) is 0 Å². The zero-order chi connectivity index (χ0) is 23.3. The van der Waals surface area contributed by atoms with Gasteiger partial charge < -0.3 is 0 Å². The van der Waals surface area contributed by atoms with E-state index in [0.29, 0.717) is 29.3 Å². The van der Waals surface area contributed by atoms with Gasteiger partial charge in [-0.2, -0.15) is 0 Å². The lowest BCUT2D eigenvalue weighted by atomic mass is 9.87. The summed E-state index contributed by atoms with van der Waals surface area (Å²) in [6.45, 7) is 2.11. The van der Waals surface area contributed by atoms with Crippen LogP contribution >= 0.6 is 12.4 Å². The zero-order valence-corrected chi connectivity index (χ0v) is 20.4. The molecular weight excluding hydrogens is 476 g/mol. The van der Waals surface area contributed by atoms with Crippen molar-refractivity contribution in [3.63, 3.8) is 0 Å². The molecule has 7 heteroatoms. The summed E-state index contributed by atoms with van der Waals surface area (Å²) in [5.74, 6) is -0.517. The Morgan fingerprint density at radius 1 is 0.824 bits per heavy atom. The predicted molar refractivity (Wildman–Crippen MR) is 134 cm³/mol. The van der Waals surface area contributed by atoms with Crippen LogP contribution in [0.5, 0.6) is 0 Å². The molecule has 0 saturated carbocycles. The predicted octanol–water partition coefficient (Wildman–Crippen LogP) is 6.36. The van der Waals surface area contributed by atoms with Crippen molar-refractivity contribution >= 4 is 22.2 Å². The molecule has 180 valence electrons. The molecule has 1 aliphatic rings. The van der Waals surface area contributed by atoms with Crippen LogP contribution in [-0.4, -0.2) is 33.0 Å². The Hall–Kier alpha value is -2.54. The van der Waals surface area contributed by atoms with Gasteiger partial charge in [-0.15, -0.1) is 12.4 Å². The Morgan fingerprint density at radius 3 is 1.88 bits per heavy atom. The van der Waals surface area contributed by atoms with Crippen molar-refractivity contribution in [2.24, 2.45) is 0 Å². The van der Waals surface area contributed by atoms with E-state index in [9.17, 15) is 17.2 Å². The fraction of sp³-hybridized carbons (Fsp3) is 0.259. The van der Waals surface area contributed by atoms with E-state index in [1.807, 2.05) is 6.08 Å². The molecule has 3 aromatic rings. The van der Waals surface area contributed by atoms with E-state index >= 15 is 0 Å². The number of halogens is 3. The maximum absolute atomic E-state index is 13.4. The van der Waals surface area contributed by atoms with Crippen LogP contribution in [0.2, 0.25) is 0 Å². The van der Waals surface area contributed by atoms with E-state index in [4.69, 9.17) is 0 Å². The molecule has 0 aliphatic carbocycles. The van der Waals surface area contributed by atoms with Crippen LogP contribution < -0.4 is 0 Å². The third kappa shape index (κ3) is 6.32. The third-order valence-electron chi connectivity index (χ3n) is 6.16. The Bertz CT molecular complexity index is 1150. The van der Waals surface area contributed by atoms with Crippen molar-refractivity contribution in [3.05, 3.63) is 113 Å². The summed E-state index contributed by atoms with van der Waals surface area (Å²) < 4.78 is 52.5. The first kappa shape index (κ1) is 26.1. The van der Waals surface area contributed by atoms with Crippen molar-refractivity contribution in [1.82, 2.24) is 4.90 Å². The van der Waals surface area contributed by atoms with Crippen molar-refractivity contribution in [1.29, 1.82) is 0 Å². The van der Waals surface area contributed by atoms with E-state index in [1.54, 1.807) is 54.6 Å². The van der Waals surface area contributed by atoms with E-state index in [2.05, 4.69) is 4.90 Å². The van der Waals surface area contributed by atoms with Gasteiger partial charge in [-0.3, -0.25) is 4.90 Å². The quantitative estimate of drug-likeness (QED) is 0.359. The number of nitrogens with zero attached hydrogens (tertiary/aromatic N) is 1. The van der Waals surface area contributed by atoms with Crippen LogP contribution in [0, 0.1) is 11.6 Å². The van der Waals surface area contributed by atoms with Crippen LogP contribution in [-0.2, 0) is 9.84 Å². The molecule has 3 nitrogen and oxygen atoms in total. The van der Waals surface area contributed by atoms with E-state index in [1.165, 1.54) is 24.3 Å². The molecule has 34 heavy (non-hydrogen) atoms. The molecule has 1 heterocycles. The van der Waals surface area contributed by atoms with Gasteiger partial charge in [0.2, 0.25) is 9.84 Å². The number of rotatable bonds is 8. The molecule has 0 atom stereocenters. The lowest BCUT2D eigenvalue weighted by Gasteiger charge is -2.27. The van der Waals surface area contributed by atoms with Gasteiger partial charge in [0.25, 0.3) is 0 Å². The van der Waals surface area contributed by atoms with Crippen LogP contribution in [0.3, 0.4) is 0 Å². The molecule has 0 unspecified atom stereocenters. The van der Waals surface area contributed by atoms with Gasteiger partial charge in [-0.1, -0.05) is 48.5 Å². The molecule has 0 N–H and O–H groups in total. The van der Waals surface area contributed by atoms with Gasteiger partial charge >= 0.3 is 0 Å². The largest absolute Gasteiger partial charge is 0.299 e. The average Bonchev–Trinajstić information content (AvgIpc) is 2.84. The number of benzene rings is 3. The fourth-order valence-corrected chi connectivity index (χ4v) is 5.80. The highest BCUT2D eigenvalue weighted by atomic mass is 35.5. The van der Waals surface area contributed by atoms with Crippen LogP contribution in [0.15, 0.2) is 94.7 Å². The lowest BCUT2D eigenvalue weighted by Crippen LogP contribution is -2.31. The summed E-state index contributed by atoms with van der Waals surface area (Å²) in [6, 6.07) is 21.5. The molecule has 0 fully saturated rings. The van der Waals surface area contributed by atoms with Crippen LogP contribution in [0.25, 0.3) is 0 Å². The second-order valence-electron chi connectivity index (χ2n) is 8.34. The first-order valence-corrected chi connectivity index (χ1v) is 12.6. The van der Waals surface area contributed by atoms with Gasteiger partial charge in [-0.05, 0) is 73.3 Å². The standard InChI is InChI=1S/C27H27F2NO2S.ClH/c28-23-12-8-21(9-13-23)27(22-10-14-24(29)15-11-22)7-4-18-30-19-16-26(17-20-30)33(31,32)25-5-2-1-3-6-25;/h1-3,5-6,8-16,27H,4,7,17-20H2;1H. The lowest BCUT2D eigenvalue weighted by molar-refractivity contribution is 0.288. The highest BCUT2D eigenvalue weighted by molar-refractivity contribution is 7.95. The maximum atomic E-state index is 13.4. The SMILES string of the molecule is Cl.O=S(=O)(C1=CCN(CCCC(c2ccc(F)cc2)c2ccc(F)cc2)CC1)c1ccccc1. The maximum Gasteiger partial charge on any atom is 0.202 e. The van der Waals surface area contributed by atoms with Gasteiger partial charge in [0.1, 0.15) is 11.6 Å². The second-order valence-corrected chi connectivity index (χ2v) is 10.3. The molecule has 0 spiro atoms. The number of sulfone groups is 1. The van der Waals surface area contributed by atoms with E-state index in [-0.39, 0.29) is 30.0 Å². The summed E-state index contributed by atoms with van der Waals surface area (Å²) in [5, 5.41) is 0. The first-order valence-electron chi connectivity index (χ1n) is 11.2. The van der Waals surface area contributed by atoms with Gasteiger partial charge in [0.05, 0.1) is 4.90 Å². The summed E-state index contributed by atoms with van der Waals surface area (Å²) >= 11 is 0. The Labute approximate surface area is 206 Å². The summed E-state index contributed by atoms with van der Waals surface area (Å²) in [6.07, 6.45) is 4.03. The average molecular weight is 504 g/mol. The Morgan fingerprint density at radius 2 is 1.38 bits per heavy atom. The van der Waals surface area contributed by atoms with E-state index in [0.717, 1.165) is 30.5 Å². The van der Waals surface area contributed by atoms with E-state index < -0.39 is 9.84 Å². The minimum absolute atomic E-state index is 0. The van der Waals surface area contributed by atoms with Gasteiger partial charge in [-0.25, -0.2) is 17.2 Å². The molecule has 0 aromatic heterocycles. The minimum Gasteiger partial charge on any atom is -0.299 e. The Balaban J connectivity index is 0.00000324. The molecule has 0 saturated heterocycles. The molecule has 1 aliphatic heterocycles. The van der Waals surface area contributed by atoms with Crippen molar-refractivity contribution in [2.45, 2.75) is 30.1 Å². The van der Waals surface area contributed by atoms with Crippen molar-refractivity contribution < 1.29 is 17.2 Å². The summed E-state index contributed by atoms with van der Waals surface area (Å²) in [7, 11) is -3.43. The van der Waals surface area contributed by atoms with Crippen molar-refractivity contribution in [2.75, 3.05) is 19.6 Å². The molecule has 0 radical (unpaired) electrons. The first-order chi connectivity index (χ1) is 15.9. The number of hydrogen-bond acceptors (Lipinski definition) is 3. The summed E-state index contributed by atoms with van der Waals surface area (Å²) in [5.41, 5.74) is 2.00. The number of hydrogen-bond donors (Lipinski definition) is 0. The minimum atomic E-state index is -3.43. The molecule has 0 amide bonds. The topological polar surface area (TPSA) is 37.4 Å². The summed E-state index contributed by atoms with van der Waals surface area (Å²) in [4.78, 5) is 3.07. The third-order valence-corrected chi connectivity index (χ3v) is 8.12. The highest BCUT2D eigenvalue weighted by Crippen LogP contribution is 2.30. The monoisotopic (exact) mass is 503 g/mol. The normalized spacial score (nSPS) is 14.5. The van der Waals surface area contributed by atoms with Gasteiger partial charge in [0, 0.05) is 23.9 Å². The molecule has 4 rings (SSSR count). The van der Waals surface area contributed by atoms with Gasteiger partial charge in [0.15, 0.2) is 0 Å². The molecule has 3 aromatic carbocycles. The second kappa shape index (κ2) is 11.7. The fourth-order valence-electron chi connectivity index (χ4n) is 4.33.